The second-order valence-electron chi connectivity index (χ2n) is 5.91. The van der Waals surface area contributed by atoms with E-state index < -0.39 is 0 Å². The Bertz CT molecular complexity index is 592. The number of nitrogens with one attached hydrogen (secondary N) is 1. The van der Waals surface area contributed by atoms with E-state index in [2.05, 4.69) is 59.6 Å². The topological polar surface area (TPSA) is 15.3 Å². The van der Waals surface area contributed by atoms with E-state index in [1.165, 1.54) is 27.9 Å². The minimum Gasteiger partial charge on any atom is -0.371 e. The Kier molecular flexibility index (Phi) is 4.26. The number of anilines is 1. The average Bonchev–Trinajstić information content (AvgIpc) is 2.71. The van der Waals surface area contributed by atoms with Gasteiger partial charge >= 0.3 is 0 Å². The van der Waals surface area contributed by atoms with Gasteiger partial charge < -0.3 is 10.2 Å². The normalized spacial score (nSPS) is 14.7. The van der Waals surface area contributed by atoms with Gasteiger partial charge in [-0.25, -0.2) is 0 Å². The molecule has 0 fully saturated rings. The van der Waals surface area contributed by atoms with Crippen LogP contribution in [0.15, 0.2) is 42.5 Å². The van der Waals surface area contributed by atoms with Crippen LogP contribution in [0.5, 0.6) is 0 Å². The van der Waals surface area contributed by atoms with Crippen LogP contribution in [0.25, 0.3) is 0 Å². The van der Waals surface area contributed by atoms with E-state index in [0.717, 1.165) is 32.5 Å². The molecule has 0 radical (unpaired) electrons. The van der Waals surface area contributed by atoms with Crippen LogP contribution in [0, 0.1) is 6.92 Å². The van der Waals surface area contributed by atoms with E-state index >= 15 is 0 Å². The van der Waals surface area contributed by atoms with Gasteiger partial charge in [0.2, 0.25) is 0 Å². The monoisotopic (exact) mass is 280 g/mol. The molecule has 2 heteroatoms. The third-order valence-corrected chi connectivity index (χ3v) is 4.40. The first-order valence-corrected chi connectivity index (χ1v) is 7.84. The van der Waals surface area contributed by atoms with Crippen molar-refractivity contribution in [1.29, 1.82) is 0 Å². The highest BCUT2D eigenvalue weighted by atomic mass is 15.1. The van der Waals surface area contributed by atoms with Crippen LogP contribution in [-0.2, 0) is 19.4 Å². The quantitative estimate of drug-likeness (QED) is 0.928. The fourth-order valence-corrected chi connectivity index (χ4v) is 3.30. The van der Waals surface area contributed by atoms with Gasteiger partial charge in [-0.15, -0.1) is 0 Å². The molecular formula is C19H24N2. The largest absolute Gasteiger partial charge is 0.371 e. The number of hydrogen-bond acceptors (Lipinski definition) is 2. The predicted molar refractivity (Wildman–Crippen MR) is 90.0 cm³/mol. The molecule has 21 heavy (non-hydrogen) atoms. The molecule has 2 aromatic carbocycles. The van der Waals surface area contributed by atoms with Gasteiger partial charge in [-0.1, -0.05) is 36.4 Å². The summed E-state index contributed by atoms with van der Waals surface area (Å²) in [5.41, 5.74) is 7.17. The summed E-state index contributed by atoms with van der Waals surface area (Å²) < 4.78 is 0. The maximum atomic E-state index is 3.22. The highest BCUT2D eigenvalue weighted by Crippen LogP contribution is 2.25. The Labute approximate surface area is 127 Å². The van der Waals surface area contributed by atoms with Crippen LogP contribution in [-0.4, -0.2) is 20.1 Å². The number of benzene rings is 2. The number of nitrogens with zero attached hydrogens (tertiary/aromatic N) is 1. The van der Waals surface area contributed by atoms with Crippen molar-refractivity contribution in [2.45, 2.75) is 26.3 Å². The van der Waals surface area contributed by atoms with Crippen LogP contribution >= 0.6 is 0 Å². The molecule has 0 aliphatic carbocycles. The molecule has 0 bridgehead atoms. The lowest BCUT2D eigenvalue weighted by molar-refractivity contribution is 0.796. The first kappa shape index (κ1) is 14.2. The van der Waals surface area contributed by atoms with Crippen molar-refractivity contribution in [3.8, 4) is 0 Å². The fraction of sp³-hybridized carbons (Fsp3) is 0.368. The second kappa shape index (κ2) is 6.31. The first-order chi connectivity index (χ1) is 10.3. The van der Waals surface area contributed by atoms with Crippen LogP contribution < -0.4 is 10.2 Å². The number of fused-ring (bicyclic) bond motifs is 1. The number of rotatable bonds is 3. The zero-order valence-corrected chi connectivity index (χ0v) is 13.0. The molecule has 1 aliphatic heterocycles. The summed E-state index contributed by atoms with van der Waals surface area (Å²) in [5, 5.41) is 3.22. The maximum absolute atomic E-state index is 3.22. The van der Waals surface area contributed by atoms with Gasteiger partial charge in [0.05, 0.1) is 0 Å². The number of hydrogen-bond donors (Lipinski definition) is 1. The van der Waals surface area contributed by atoms with Gasteiger partial charge in [-0.3, -0.25) is 0 Å². The van der Waals surface area contributed by atoms with Crippen molar-refractivity contribution >= 4 is 5.69 Å². The molecule has 110 valence electrons. The third-order valence-electron chi connectivity index (χ3n) is 4.40. The fourth-order valence-electron chi connectivity index (χ4n) is 3.30. The lowest BCUT2D eigenvalue weighted by Gasteiger charge is -2.25. The van der Waals surface area contributed by atoms with Crippen molar-refractivity contribution < 1.29 is 0 Å². The summed E-state index contributed by atoms with van der Waals surface area (Å²) in [6.07, 6.45) is 2.29. The maximum Gasteiger partial charge on any atom is 0.0396 e. The zero-order chi connectivity index (χ0) is 14.7. The molecule has 1 aliphatic rings. The van der Waals surface area contributed by atoms with Gasteiger partial charge in [0.25, 0.3) is 0 Å². The molecule has 0 saturated heterocycles. The van der Waals surface area contributed by atoms with Crippen LogP contribution in [0.1, 0.15) is 22.3 Å². The Balaban J connectivity index is 1.79. The van der Waals surface area contributed by atoms with Crippen molar-refractivity contribution in [3.05, 3.63) is 64.7 Å². The van der Waals surface area contributed by atoms with Crippen LogP contribution in [0.4, 0.5) is 5.69 Å². The molecule has 2 nitrogen and oxygen atoms in total. The summed E-state index contributed by atoms with van der Waals surface area (Å²) in [4.78, 5) is 2.54. The van der Waals surface area contributed by atoms with E-state index in [-0.39, 0.29) is 0 Å². The van der Waals surface area contributed by atoms with Gasteiger partial charge in [0.15, 0.2) is 0 Å². The van der Waals surface area contributed by atoms with Crippen LogP contribution in [0.2, 0.25) is 0 Å². The minimum absolute atomic E-state index is 0.937. The summed E-state index contributed by atoms with van der Waals surface area (Å²) >= 11 is 0. The lowest BCUT2D eigenvalue weighted by Crippen LogP contribution is -2.26. The van der Waals surface area contributed by atoms with Gasteiger partial charge in [-0.05, 0) is 55.1 Å². The molecule has 1 heterocycles. The van der Waals surface area contributed by atoms with Crippen molar-refractivity contribution in [3.63, 3.8) is 0 Å². The SMILES string of the molecule is CNCc1ccc(N2CCc3ccccc3CC2)c(C)c1. The van der Waals surface area contributed by atoms with E-state index in [1.807, 2.05) is 7.05 Å². The van der Waals surface area contributed by atoms with Crippen LogP contribution in [0.3, 0.4) is 0 Å². The average molecular weight is 280 g/mol. The Hall–Kier alpha value is -1.80. The van der Waals surface area contributed by atoms with Crippen molar-refractivity contribution in [1.82, 2.24) is 5.32 Å². The molecule has 0 saturated carbocycles. The molecule has 0 spiro atoms. The molecule has 0 aromatic heterocycles. The molecule has 2 aromatic rings. The standard InChI is InChI=1S/C19H24N2/c1-15-13-16(14-20-2)7-8-19(15)21-11-9-17-5-3-4-6-18(17)10-12-21/h3-8,13,20H,9-12,14H2,1-2H3. The van der Waals surface area contributed by atoms with Crippen molar-refractivity contribution in [2.75, 3.05) is 25.0 Å². The van der Waals surface area contributed by atoms with E-state index in [1.54, 1.807) is 0 Å². The third kappa shape index (κ3) is 3.11. The van der Waals surface area contributed by atoms with Gasteiger partial charge in [-0.2, -0.15) is 0 Å². The summed E-state index contributed by atoms with van der Waals surface area (Å²) in [6, 6.07) is 15.7. The Morgan fingerprint density at radius 2 is 1.67 bits per heavy atom. The molecule has 0 atom stereocenters. The zero-order valence-electron chi connectivity index (χ0n) is 13.0. The van der Waals surface area contributed by atoms with Gasteiger partial charge in [0.1, 0.15) is 0 Å². The first-order valence-electron chi connectivity index (χ1n) is 7.84. The van der Waals surface area contributed by atoms with E-state index in [9.17, 15) is 0 Å². The number of aryl methyl sites for hydroxylation is 1. The van der Waals surface area contributed by atoms with Crippen molar-refractivity contribution in [2.24, 2.45) is 0 Å². The molecule has 3 rings (SSSR count). The van der Waals surface area contributed by atoms with E-state index in [0.29, 0.717) is 0 Å². The highest BCUT2D eigenvalue weighted by Gasteiger charge is 2.15. The molecule has 1 N–H and O–H groups in total. The smallest absolute Gasteiger partial charge is 0.0396 e. The Morgan fingerprint density at radius 3 is 2.24 bits per heavy atom. The lowest BCUT2D eigenvalue weighted by atomic mass is 10.0. The molecular weight excluding hydrogens is 256 g/mol. The van der Waals surface area contributed by atoms with E-state index in [4.69, 9.17) is 0 Å². The Morgan fingerprint density at radius 1 is 1.00 bits per heavy atom. The summed E-state index contributed by atoms with van der Waals surface area (Å²) in [5.74, 6) is 0. The second-order valence-corrected chi connectivity index (χ2v) is 5.91. The summed E-state index contributed by atoms with van der Waals surface area (Å²) in [6.45, 7) is 5.39. The summed E-state index contributed by atoms with van der Waals surface area (Å²) in [7, 11) is 2.00. The van der Waals surface area contributed by atoms with Gasteiger partial charge in [0, 0.05) is 25.3 Å². The molecule has 0 unspecified atom stereocenters. The highest BCUT2D eigenvalue weighted by molar-refractivity contribution is 5.55. The molecule has 0 amide bonds. The predicted octanol–water partition coefficient (Wildman–Crippen LogP) is 3.32. The minimum atomic E-state index is 0.937.